The molecule has 0 spiro atoms. The Morgan fingerprint density at radius 2 is 1.53 bits per heavy atom. The van der Waals surface area contributed by atoms with Gasteiger partial charge in [0.2, 0.25) is 0 Å². The fourth-order valence-corrected chi connectivity index (χ4v) is 4.92. The van der Waals surface area contributed by atoms with E-state index in [9.17, 15) is 19.2 Å². The molecule has 0 unspecified atom stereocenters. The quantitative estimate of drug-likeness (QED) is 0.266. The number of methoxy groups -OCH3 is 2. The minimum absolute atomic E-state index is 0.0459. The van der Waals surface area contributed by atoms with Crippen LogP contribution in [0.3, 0.4) is 0 Å². The normalized spacial score (nSPS) is 16.8. The molecule has 0 saturated carbocycles. The number of anilines is 1. The number of nitrogens with zero attached hydrogens (tertiary/aromatic N) is 3. The van der Waals surface area contributed by atoms with Crippen LogP contribution in [-0.2, 0) is 19.2 Å². The Balaban J connectivity index is 1.40. The Bertz CT molecular complexity index is 1170. The topological polar surface area (TPSA) is 106 Å². The van der Waals surface area contributed by atoms with Crippen molar-refractivity contribution in [2.75, 3.05) is 52.1 Å². The second-order valence-electron chi connectivity index (χ2n) is 9.41. The number of hydrogen-bond donors (Lipinski definition) is 0. The van der Waals surface area contributed by atoms with Crippen LogP contribution in [0.25, 0.3) is 0 Å². The molecular formula is C28H33N3O7. The molecule has 2 aromatic carbocycles. The van der Waals surface area contributed by atoms with Gasteiger partial charge in [0.1, 0.15) is 11.4 Å². The lowest BCUT2D eigenvalue weighted by Crippen LogP contribution is -2.50. The van der Waals surface area contributed by atoms with Crippen molar-refractivity contribution in [2.24, 2.45) is 5.41 Å². The zero-order chi connectivity index (χ0) is 27.3. The summed E-state index contributed by atoms with van der Waals surface area (Å²) in [7, 11) is 2.86. The standard InChI is InChI=1S/C28H33N3O7/c1-4-24(32)31(22-11-7-8-12-23(22)36-2)38-19-28(27(35)37-3)13-15-29(16-14-28)17-18-30-25(33)20-9-5-6-10-21(20)26(30)34/h5-12H,4,13-19H2,1-3H3. The summed E-state index contributed by atoms with van der Waals surface area (Å²) in [5, 5.41) is 1.19. The molecule has 2 aliphatic heterocycles. The van der Waals surface area contributed by atoms with Crippen LogP contribution in [0.5, 0.6) is 5.75 Å². The molecule has 0 bridgehead atoms. The summed E-state index contributed by atoms with van der Waals surface area (Å²) in [5.74, 6) is -0.757. The highest BCUT2D eigenvalue weighted by molar-refractivity contribution is 6.21. The molecule has 0 atom stereocenters. The molecule has 4 rings (SSSR count). The average Bonchev–Trinajstić information content (AvgIpc) is 3.21. The van der Waals surface area contributed by atoms with E-state index in [0.29, 0.717) is 55.0 Å². The number of likely N-dealkylation sites (tertiary alicyclic amines) is 1. The number of hydrogen-bond acceptors (Lipinski definition) is 8. The Morgan fingerprint density at radius 1 is 0.921 bits per heavy atom. The van der Waals surface area contributed by atoms with Crippen molar-refractivity contribution in [3.63, 3.8) is 0 Å². The first-order chi connectivity index (χ1) is 18.3. The second-order valence-corrected chi connectivity index (χ2v) is 9.41. The highest BCUT2D eigenvalue weighted by Crippen LogP contribution is 2.36. The van der Waals surface area contributed by atoms with Crippen molar-refractivity contribution in [2.45, 2.75) is 26.2 Å². The minimum Gasteiger partial charge on any atom is -0.494 e. The first kappa shape index (κ1) is 27.3. The number of benzene rings is 2. The first-order valence-electron chi connectivity index (χ1n) is 12.7. The van der Waals surface area contributed by atoms with Crippen LogP contribution in [-0.4, -0.2) is 80.5 Å². The number of para-hydroxylation sites is 2. The smallest absolute Gasteiger partial charge is 0.314 e. The van der Waals surface area contributed by atoms with Gasteiger partial charge in [0.25, 0.3) is 17.7 Å². The number of imide groups is 1. The Morgan fingerprint density at radius 3 is 2.11 bits per heavy atom. The lowest BCUT2D eigenvalue weighted by Gasteiger charge is -2.40. The molecule has 10 nitrogen and oxygen atoms in total. The third-order valence-corrected chi connectivity index (χ3v) is 7.25. The van der Waals surface area contributed by atoms with Gasteiger partial charge in [-0.2, -0.15) is 5.06 Å². The highest BCUT2D eigenvalue weighted by atomic mass is 16.7. The maximum absolute atomic E-state index is 12.9. The van der Waals surface area contributed by atoms with Gasteiger partial charge in [-0.3, -0.25) is 28.9 Å². The fraction of sp³-hybridized carbons (Fsp3) is 0.429. The number of hydroxylamine groups is 1. The summed E-state index contributed by atoms with van der Waals surface area (Å²) >= 11 is 0. The van der Waals surface area contributed by atoms with Gasteiger partial charge in [0.05, 0.1) is 37.4 Å². The van der Waals surface area contributed by atoms with Crippen molar-refractivity contribution >= 4 is 29.4 Å². The zero-order valence-corrected chi connectivity index (χ0v) is 22.0. The Kier molecular flexibility index (Phi) is 8.43. The maximum atomic E-state index is 12.9. The lowest BCUT2D eigenvalue weighted by molar-refractivity contribution is -0.162. The van der Waals surface area contributed by atoms with Crippen molar-refractivity contribution in [1.82, 2.24) is 9.80 Å². The molecule has 10 heteroatoms. The van der Waals surface area contributed by atoms with Gasteiger partial charge in [-0.1, -0.05) is 31.2 Å². The van der Waals surface area contributed by atoms with Gasteiger partial charge >= 0.3 is 5.97 Å². The van der Waals surface area contributed by atoms with E-state index in [2.05, 4.69) is 4.90 Å². The summed E-state index contributed by atoms with van der Waals surface area (Å²) in [6, 6.07) is 13.9. The van der Waals surface area contributed by atoms with Crippen molar-refractivity contribution in [3.8, 4) is 5.75 Å². The number of ether oxygens (including phenoxy) is 2. The Hall–Kier alpha value is -3.76. The summed E-state index contributed by atoms with van der Waals surface area (Å²) in [6.45, 7) is 3.52. The van der Waals surface area contributed by atoms with Crippen LogP contribution in [0.4, 0.5) is 5.69 Å². The predicted octanol–water partition coefficient (Wildman–Crippen LogP) is 2.92. The van der Waals surface area contributed by atoms with Gasteiger partial charge in [0.15, 0.2) is 0 Å². The molecular weight excluding hydrogens is 490 g/mol. The van der Waals surface area contributed by atoms with Gasteiger partial charge in [-0.05, 0) is 50.2 Å². The minimum atomic E-state index is -0.949. The monoisotopic (exact) mass is 523 g/mol. The van der Waals surface area contributed by atoms with E-state index < -0.39 is 11.4 Å². The second kappa shape index (κ2) is 11.7. The van der Waals surface area contributed by atoms with Crippen molar-refractivity contribution in [3.05, 3.63) is 59.7 Å². The fourth-order valence-electron chi connectivity index (χ4n) is 4.92. The van der Waals surface area contributed by atoms with E-state index in [4.69, 9.17) is 14.3 Å². The van der Waals surface area contributed by atoms with Crippen LogP contribution in [0.15, 0.2) is 48.5 Å². The molecule has 38 heavy (non-hydrogen) atoms. The molecule has 1 saturated heterocycles. The molecule has 2 heterocycles. The van der Waals surface area contributed by atoms with Crippen molar-refractivity contribution in [1.29, 1.82) is 0 Å². The molecule has 0 radical (unpaired) electrons. The van der Waals surface area contributed by atoms with E-state index in [1.807, 2.05) is 0 Å². The molecule has 0 aromatic heterocycles. The number of piperidine rings is 1. The average molecular weight is 524 g/mol. The third kappa shape index (κ3) is 5.27. The van der Waals surface area contributed by atoms with E-state index in [1.54, 1.807) is 55.5 Å². The first-order valence-corrected chi connectivity index (χ1v) is 12.7. The van der Waals surface area contributed by atoms with Crippen LogP contribution in [0.1, 0.15) is 46.9 Å². The van der Waals surface area contributed by atoms with Crippen LogP contribution < -0.4 is 9.80 Å². The van der Waals surface area contributed by atoms with Gasteiger partial charge in [0, 0.05) is 19.5 Å². The number of rotatable bonds is 10. The third-order valence-electron chi connectivity index (χ3n) is 7.25. The van der Waals surface area contributed by atoms with Gasteiger partial charge in [-0.15, -0.1) is 0 Å². The number of amides is 3. The summed E-state index contributed by atoms with van der Waals surface area (Å²) in [4.78, 5) is 60.4. The molecule has 202 valence electrons. The number of fused-ring (bicyclic) bond motifs is 1. The molecule has 2 aromatic rings. The Labute approximate surface area is 222 Å². The van der Waals surface area contributed by atoms with Crippen LogP contribution in [0.2, 0.25) is 0 Å². The largest absolute Gasteiger partial charge is 0.494 e. The highest BCUT2D eigenvalue weighted by Gasteiger charge is 2.44. The lowest BCUT2D eigenvalue weighted by atomic mass is 9.79. The molecule has 1 fully saturated rings. The molecule has 2 aliphatic rings. The van der Waals surface area contributed by atoms with E-state index in [1.165, 1.54) is 24.2 Å². The molecule has 3 amide bonds. The summed E-state index contributed by atoms with van der Waals surface area (Å²) in [5.41, 5.74) is 0.369. The van der Waals surface area contributed by atoms with Gasteiger partial charge < -0.3 is 14.4 Å². The van der Waals surface area contributed by atoms with E-state index in [0.717, 1.165) is 0 Å². The van der Waals surface area contributed by atoms with E-state index >= 15 is 0 Å². The van der Waals surface area contributed by atoms with Crippen LogP contribution in [0, 0.1) is 5.41 Å². The number of esters is 1. The maximum Gasteiger partial charge on any atom is 0.314 e. The number of carbonyl (C=O) groups excluding carboxylic acids is 4. The number of carbonyl (C=O) groups is 4. The van der Waals surface area contributed by atoms with Crippen LogP contribution >= 0.6 is 0 Å². The SMILES string of the molecule is CCC(=O)N(OCC1(C(=O)OC)CCN(CCN2C(=O)c3ccccc3C2=O)CC1)c1ccccc1OC. The predicted molar refractivity (Wildman–Crippen MR) is 139 cm³/mol. The molecule has 0 aliphatic carbocycles. The zero-order valence-electron chi connectivity index (χ0n) is 22.0. The van der Waals surface area contributed by atoms with Gasteiger partial charge in [-0.25, -0.2) is 0 Å². The summed E-state index contributed by atoms with van der Waals surface area (Å²) < 4.78 is 10.5. The summed E-state index contributed by atoms with van der Waals surface area (Å²) in [6.07, 6.45) is 1.07. The van der Waals surface area contributed by atoms with Crippen molar-refractivity contribution < 1.29 is 33.5 Å². The molecule has 0 N–H and O–H groups in total. The van der Waals surface area contributed by atoms with E-state index in [-0.39, 0.29) is 37.3 Å².